The molecule has 0 saturated carbocycles. The maximum absolute atomic E-state index is 13.5. The first kappa shape index (κ1) is 15.4. The summed E-state index contributed by atoms with van der Waals surface area (Å²) < 4.78 is 18.8. The van der Waals surface area contributed by atoms with E-state index in [9.17, 15) is 9.18 Å². The minimum atomic E-state index is -0.432. The molecule has 0 aromatic heterocycles. The molecule has 1 rings (SSSR count). The van der Waals surface area contributed by atoms with Crippen LogP contribution < -0.4 is 10.6 Å². The van der Waals surface area contributed by atoms with E-state index in [-0.39, 0.29) is 11.8 Å². The first-order chi connectivity index (χ1) is 8.99. The molecule has 0 saturated heterocycles. The van der Waals surface area contributed by atoms with E-state index < -0.39 is 11.8 Å². The second kappa shape index (κ2) is 7.74. The second-order valence-electron chi connectivity index (χ2n) is 4.64. The van der Waals surface area contributed by atoms with E-state index in [2.05, 4.69) is 10.6 Å². The SMILES string of the molecule is Cc1ccc(NC(=O)NCCCOC(C)C)c(F)c1. The standard InChI is InChI=1S/C14H21FN2O2/c1-10(2)19-8-4-7-16-14(18)17-13-6-5-11(3)9-12(13)15/h5-6,9-10H,4,7-8H2,1-3H3,(H2,16,17,18). The molecule has 19 heavy (non-hydrogen) atoms. The molecule has 0 heterocycles. The van der Waals surface area contributed by atoms with Crippen LogP contribution in [0.3, 0.4) is 0 Å². The quantitative estimate of drug-likeness (QED) is 0.779. The maximum Gasteiger partial charge on any atom is 0.319 e. The molecule has 0 radical (unpaired) electrons. The second-order valence-corrected chi connectivity index (χ2v) is 4.64. The number of benzene rings is 1. The molecule has 1 aromatic carbocycles. The molecule has 0 aliphatic carbocycles. The van der Waals surface area contributed by atoms with Crippen LogP contribution in [0.5, 0.6) is 0 Å². The summed E-state index contributed by atoms with van der Waals surface area (Å²) in [5, 5.41) is 5.12. The van der Waals surface area contributed by atoms with Crippen LogP contribution >= 0.6 is 0 Å². The Labute approximate surface area is 113 Å². The smallest absolute Gasteiger partial charge is 0.319 e. The van der Waals surface area contributed by atoms with Crippen molar-refractivity contribution in [1.29, 1.82) is 0 Å². The Balaban J connectivity index is 2.27. The van der Waals surface area contributed by atoms with Crippen molar-refractivity contribution in [2.24, 2.45) is 0 Å². The lowest BCUT2D eigenvalue weighted by Crippen LogP contribution is -2.30. The molecule has 2 amide bonds. The van der Waals surface area contributed by atoms with E-state index in [1.165, 1.54) is 6.07 Å². The van der Waals surface area contributed by atoms with Gasteiger partial charge in [0.05, 0.1) is 11.8 Å². The molecule has 4 nitrogen and oxygen atoms in total. The Morgan fingerprint density at radius 3 is 2.79 bits per heavy atom. The zero-order valence-electron chi connectivity index (χ0n) is 11.6. The Hall–Kier alpha value is -1.62. The van der Waals surface area contributed by atoms with Crippen LogP contribution in [0.15, 0.2) is 18.2 Å². The van der Waals surface area contributed by atoms with Gasteiger partial charge in [-0.25, -0.2) is 9.18 Å². The molecule has 0 spiro atoms. The van der Waals surface area contributed by atoms with Gasteiger partial charge in [-0.1, -0.05) is 6.07 Å². The zero-order chi connectivity index (χ0) is 14.3. The average Bonchev–Trinajstić information content (AvgIpc) is 2.32. The van der Waals surface area contributed by atoms with Crippen LogP contribution in [0.4, 0.5) is 14.9 Å². The van der Waals surface area contributed by atoms with Crippen LogP contribution in [0.1, 0.15) is 25.8 Å². The summed E-state index contributed by atoms with van der Waals surface area (Å²) in [5.41, 5.74) is 0.996. The van der Waals surface area contributed by atoms with Crippen molar-refractivity contribution in [3.05, 3.63) is 29.6 Å². The summed E-state index contributed by atoms with van der Waals surface area (Å²) in [4.78, 5) is 11.5. The summed E-state index contributed by atoms with van der Waals surface area (Å²) in [7, 11) is 0. The molecule has 2 N–H and O–H groups in total. The Kier molecular flexibility index (Phi) is 6.29. The van der Waals surface area contributed by atoms with Crippen LogP contribution in [0.2, 0.25) is 0 Å². The normalized spacial score (nSPS) is 10.6. The lowest BCUT2D eigenvalue weighted by Gasteiger charge is -2.10. The van der Waals surface area contributed by atoms with Gasteiger partial charge in [-0.3, -0.25) is 0 Å². The summed E-state index contributed by atoms with van der Waals surface area (Å²) >= 11 is 0. The molecule has 1 aromatic rings. The number of hydrogen-bond acceptors (Lipinski definition) is 2. The first-order valence-corrected chi connectivity index (χ1v) is 6.41. The van der Waals surface area contributed by atoms with Gasteiger partial charge in [0.1, 0.15) is 5.82 Å². The number of carbonyl (C=O) groups is 1. The Morgan fingerprint density at radius 1 is 1.42 bits per heavy atom. The fourth-order valence-corrected chi connectivity index (χ4v) is 1.48. The molecular weight excluding hydrogens is 247 g/mol. The number of amides is 2. The number of aryl methyl sites for hydroxylation is 1. The molecule has 0 fully saturated rings. The summed E-state index contributed by atoms with van der Waals surface area (Å²) in [6, 6.07) is 4.26. The molecule has 0 bridgehead atoms. The summed E-state index contributed by atoms with van der Waals surface area (Å²) in [6.07, 6.45) is 0.914. The van der Waals surface area contributed by atoms with E-state index in [1.54, 1.807) is 19.1 Å². The number of nitrogens with one attached hydrogen (secondary N) is 2. The number of ether oxygens (including phenoxy) is 1. The van der Waals surface area contributed by atoms with Crippen LogP contribution in [0.25, 0.3) is 0 Å². The van der Waals surface area contributed by atoms with Gasteiger partial charge < -0.3 is 15.4 Å². The largest absolute Gasteiger partial charge is 0.379 e. The highest BCUT2D eigenvalue weighted by molar-refractivity contribution is 5.89. The fraction of sp³-hybridized carbons (Fsp3) is 0.500. The van der Waals surface area contributed by atoms with E-state index in [4.69, 9.17) is 4.74 Å². The van der Waals surface area contributed by atoms with Crippen molar-refractivity contribution in [3.8, 4) is 0 Å². The minimum Gasteiger partial charge on any atom is -0.379 e. The molecule has 0 unspecified atom stereocenters. The number of urea groups is 1. The van der Waals surface area contributed by atoms with Gasteiger partial charge in [0.2, 0.25) is 0 Å². The van der Waals surface area contributed by atoms with E-state index in [0.29, 0.717) is 13.2 Å². The highest BCUT2D eigenvalue weighted by atomic mass is 19.1. The van der Waals surface area contributed by atoms with Gasteiger partial charge in [-0.15, -0.1) is 0 Å². The number of halogens is 1. The average molecular weight is 268 g/mol. The van der Waals surface area contributed by atoms with E-state index in [0.717, 1.165) is 12.0 Å². The van der Waals surface area contributed by atoms with Crippen molar-refractivity contribution in [2.75, 3.05) is 18.5 Å². The van der Waals surface area contributed by atoms with Gasteiger partial charge in [0, 0.05) is 13.2 Å². The van der Waals surface area contributed by atoms with Crippen molar-refractivity contribution in [3.63, 3.8) is 0 Å². The highest BCUT2D eigenvalue weighted by Crippen LogP contribution is 2.14. The van der Waals surface area contributed by atoms with Crippen LogP contribution in [-0.2, 0) is 4.74 Å². The molecular formula is C14H21FN2O2. The summed E-state index contributed by atoms with van der Waals surface area (Å²) in [6.45, 7) is 6.80. The third-order valence-electron chi connectivity index (χ3n) is 2.43. The summed E-state index contributed by atoms with van der Waals surface area (Å²) in [5.74, 6) is -0.432. The Bertz CT molecular complexity index is 422. The maximum atomic E-state index is 13.5. The third-order valence-corrected chi connectivity index (χ3v) is 2.43. The predicted molar refractivity (Wildman–Crippen MR) is 73.9 cm³/mol. The molecule has 0 aliphatic rings. The first-order valence-electron chi connectivity index (χ1n) is 6.41. The molecule has 106 valence electrons. The molecule has 5 heteroatoms. The zero-order valence-corrected chi connectivity index (χ0v) is 11.6. The lowest BCUT2D eigenvalue weighted by atomic mass is 10.2. The van der Waals surface area contributed by atoms with Gasteiger partial charge >= 0.3 is 6.03 Å². The molecule has 0 atom stereocenters. The number of carbonyl (C=O) groups excluding carboxylic acids is 1. The predicted octanol–water partition coefficient (Wildman–Crippen LogP) is 3.07. The Morgan fingerprint density at radius 2 is 2.16 bits per heavy atom. The van der Waals surface area contributed by atoms with Gasteiger partial charge in [-0.05, 0) is 44.9 Å². The van der Waals surface area contributed by atoms with Crippen molar-refractivity contribution in [1.82, 2.24) is 5.32 Å². The fourth-order valence-electron chi connectivity index (χ4n) is 1.48. The van der Waals surface area contributed by atoms with Crippen molar-refractivity contribution in [2.45, 2.75) is 33.3 Å². The van der Waals surface area contributed by atoms with Crippen LogP contribution in [-0.4, -0.2) is 25.3 Å². The van der Waals surface area contributed by atoms with E-state index in [1.807, 2.05) is 13.8 Å². The van der Waals surface area contributed by atoms with Crippen molar-refractivity contribution >= 4 is 11.7 Å². The third kappa shape index (κ3) is 6.20. The lowest BCUT2D eigenvalue weighted by molar-refractivity contribution is 0.0775. The van der Waals surface area contributed by atoms with Gasteiger partial charge in [0.15, 0.2) is 0 Å². The minimum absolute atomic E-state index is 0.182. The number of rotatable bonds is 6. The van der Waals surface area contributed by atoms with Crippen molar-refractivity contribution < 1.29 is 13.9 Å². The van der Waals surface area contributed by atoms with E-state index >= 15 is 0 Å². The highest BCUT2D eigenvalue weighted by Gasteiger charge is 2.06. The topological polar surface area (TPSA) is 50.4 Å². The number of hydrogen-bond donors (Lipinski definition) is 2. The van der Waals surface area contributed by atoms with Crippen LogP contribution in [0, 0.1) is 12.7 Å². The molecule has 0 aliphatic heterocycles. The monoisotopic (exact) mass is 268 g/mol. The number of anilines is 1. The van der Waals surface area contributed by atoms with Gasteiger partial charge in [0.25, 0.3) is 0 Å². The van der Waals surface area contributed by atoms with Gasteiger partial charge in [-0.2, -0.15) is 0 Å².